The van der Waals surface area contributed by atoms with Gasteiger partial charge >= 0.3 is 0 Å². The Labute approximate surface area is 285 Å². The molecule has 1 nitrogen and oxygen atoms in total. The van der Waals surface area contributed by atoms with E-state index in [0.29, 0.717) is 17.1 Å². The second kappa shape index (κ2) is 10.5. The van der Waals surface area contributed by atoms with Crippen LogP contribution in [-0.2, 0) is 0 Å². The maximum Gasteiger partial charge on any atom is 0.130 e. The minimum atomic E-state index is -0.594. The van der Waals surface area contributed by atoms with Crippen LogP contribution in [-0.4, -0.2) is 0 Å². The quantitative estimate of drug-likeness (QED) is 0.185. The molecule has 1 aliphatic carbocycles. The van der Waals surface area contributed by atoms with Gasteiger partial charge in [-0.15, -0.1) is 0 Å². The predicted molar refractivity (Wildman–Crippen MR) is 188 cm³/mol. The summed E-state index contributed by atoms with van der Waals surface area (Å²) in [5.74, 6) is 0.239. The Kier molecular flexibility index (Phi) is 3.36. The Morgan fingerprint density at radius 1 is 0.533 bits per heavy atom. The lowest BCUT2D eigenvalue weighted by Crippen LogP contribution is -2.09. The summed E-state index contributed by atoms with van der Waals surface area (Å²) in [4.78, 5) is 0. The van der Waals surface area contributed by atoms with Crippen molar-refractivity contribution in [2.75, 3.05) is 0 Å². The van der Waals surface area contributed by atoms with Crippen molar-refractivity contribution < 1.29 is 26.7 Å². The molecule has 0 spiro atoms. The average molecular weight is 591 g/mol. The van der Waals surface area contributed by atoms with E-state index in [4.69, 9.17) is 23.9 Å². The van der Waals surface area contributed by atoms with Crippen LogP contribution in [0.5, 0.6) is 5.75 Å². The summed E-state index contributed by atoms with van der Waals surface area (Å²) in [6.45, 7) is 0. The monoisotopic (exact) mass is 590 g/mol. The van der Waals surface area contributed by atoms with Crippen LogP contribution in [0.4, 0.5) is 0 Å². The van der Waals surface area contributed by atoms with E-state index in [-0.39, 0.29) is 79.0 Å². The molecule has 0 N–H and O–H groups in total. The highest BCUT2D eigenvalue weighted by molar-refractivity contribution is 6.20. The van der Waals surface area contributed by atoms with Gasteiger partial charge in [0.2, 0.25) is 0 Å². The predicted octanol–water partition coefficient (Wildman–Crippen LogP) is 11.7. The molecule has 0 radical (unpaired) electrons. The average Bonchev–Trinajstić information content (AvgIpc) is 3.63. The van der Waals surface area contributed by atoms with E-state index in [1.54, 1.807) is 42.5 Å². The maximum atomic E-state index is 9.51. The van der Waals surface area contributed by atoms with Crippen LogP contribution in [0.3, 0.4) is 0 Å². The van der Waals surface area contributed by atoms with Gasteiger partial charge in [-0.05, 0) is 79.1 Å². The molecule has 0 aromatic heterocycles. The zero-order valence-electron chi connectivity index (χ0n) is 39.5. The first kappa shape index (κ1) is 14.4. The van der Waals surface area contributed by atoms with Crippen molar-refractivity contribution in [3.63, 3.8) is 0 Å². The molecular weight excluding hydrogens is 544 g/mol. The Balaban J connectivity index is 1.47. The van der Waals surface area contributed by atoms with Crippen molar-refractivity contribution in [3.05, 3.63) is 186 Å². The molecule has 0 amide bonds. The molecule has 212 valence electrons. The van der Waals surface area contributed by atoms with Crippen LogP contribution in [0.15, 0.2) is 169 Å². The Morgan fingerprint density at radius 3 is 1.89 bits per heavy atom. The second-order valence-corrected chi connectivity index (χ2v) is 10.8. The number of allylic oxidation sites excluding steroid dienone is 4. The normalized spacial score (nSPS) is 20.4. The van der Waals surface area contributed by atoms with Gasteiger partial charge in [0.05, 0.1) is 27.9 Å². The first-order valence-corrected chi connectivity index (χ1v) is 14.4. The van der Waals surface area contributed by atoms with Crippen LogP contribution < -0.4 is 4.74 Å². The van der Waals surface area contributed by atoms with Gasteiger partial charge in [0, 0.05) is 11.1 Å². The van der Waals surface area contributed by atoms with Crippen molar-refractivity contribution in [1.82, 2.24) is 0 Å². The molecule has 1 atom stereocenters. The fourth-order valence-electron chi connectivity index (χ4n) is 6.59. The third kappa shape index (κ3) is 4.16. The van der Waals surface area contributed by atoms with Gasteiger partial charge in [-0.2, -0.15) is 0 Å². The highest BCUT2D eigenvalue weighted by Crippen LogP contribution is 2.53. The SMILES string of the molecule is [2H]c1cc2c(C3=CC(c4c([2H])c([2H])c([2H])c([2H])c4[2H])=C4Oc5ccccc5C4C3)c3c([2H])c([2H])c([2H])c([2H])c3c(-c3ccccc3-c3c([2H])c([2H])c([2H])c([2H])c3[2H])c2cc1[2H]. The summed E-state index contributed by atoms with van der Waals surface area (Å²) in [7, 11) is 0. The van der Waals surface area contributed by atoms with E-state index in [1.807, 2.05) is 12.1 Å². The van der Waals surface area contributed by atoms with Crippen LogP contribution in [0.1, 0.15) is 51.0 Å². The minimum Gasteiger partial charge on any atom is -0.460 e. The van der Waals surface area contributed by atoms with Gasteiger partial charge in [0.25, 0.3) is 0 Å². The summed E-state index contributed by atoms with van der Waals surface area (Å²) in [5, 5.41) is 0.556. The Bertz CT molecular complexity index is 3170. The zero-order chi connectivity index (χ0) is 43.7. The second-order valence-electron chi connectivity index (χ2n) is 10.8. The lowest BCUT2D eigenvalue weighted by atomic mass is 9.77. The summed E-state index contributed by atoms with van der Waals surface area (Å²) < 4.78 is 147. The number of ether oxygens (including phenoxy) is 1. The fraction of sp³-hybridized carbons (Fsp3) is 0.0455. The summed E-state index contributed by atoms with van der Waals surface area (Å²) >= 11 is 0. The molecule has 1 heterocycles. The minimum absolute atomic E-state index is 0.00597. The maximum absolute atomic E-state index is 9.51. The Morgan fingerprint density at radius 2 is 1.13 bits per heavy atom. The molecule has 1 heteroatoms. The third-order valence-electron chi connectivity index (χ3n) is 8.43. The molecule has 9 rings (SSSR count). The van der Waals surface area contributed by atoms with E-state index in [0.717, 1.165) is 5.56 Å². The van der Waals surface area contributed by atoms with Gasteiger partial charge in [0.1, 0.15) is 11.5 Å². The number of fused-ring (bicyclic) bond motifs is 5. The van der Waals surface area contributed by atoms with Crippen LogP contribution in [0.2, 0.25) is 0 Å². The van der Waals surface area contributed by atoms with E-state index < -0.39 is 90.5 Å². The molecule has 0 bridgehead atoms. The number of hydrogen-bond acceptors (Lipinski definition) is 1. The summed E-state index contributed by atoms with van der Waals surface area (Å²) in [6.07, 6.45) is 1.76. The first-order chi connectivity index (χ1) is 29.0. The van der Waals surface area contributed by atoms with Crippen LogP contribution >= 0.6 is 0 Å². The van der Waals surface area contributed by atoms with E-state index in [2.05, 4.69) is 0 Å². The summed E-state index contributed by atoms with van der Waals surface area (Å²) in [6, 6.07) is 8.58. The van der Waals surface area contributed by atoms with Crippen LogP contribution in [0, 0.1) is 0 Å². The first-order valence-electron chi connectivity index (χ1n) is 22.4. The van der Waals surface area contributed by atoms with Crippen molar-refractivity contribution in [3.8, 4) is 28.0 Å². The van der Waals surface area contributed by atoms with Crippen LogP contribution in [0.25, 0.3) is 54.9 Å². The molecular formula is C44H30O. The van der Waals surface area contributed by atoms with Gasteiger partial charge in [-0.1, -0.05) is 151 Å². The fourth-order valence-corrected chi connectivity index (χ4v) is 6.59. The number of para-hydroxylation sites is 1. The number of hydrogen-bond donors (Lipinski definition) is 0. The highest BCUT2D eigenvalue weighted by atomic mass is 16.5. The van der Waals surface area contributed by atoms with Gasteiger partial charge in [-0.25, -0.2) is 0 Å². The topological polar surface area (TPSA) is 9.23 Å². The highest BCUT2D eigenvalue weighted by Gasteiger charge is 2.36. The molecule has 7 aromatic rings. The zero-order valence-corrected chi connectivity index (χ0v) is 23.5. The molecule has 7 aromatic carbocycles. The standard InChI is InChI=1S/C44H30O/c1-3-15-29(16-4-1)32-19-7-8-21-34(32)43-37-24-11-9-22-35(37)42(36-23-10-12-25-38(36)43)31-27-39(30-17-5-2-6-18-30)44-40(28-31)33-20-13-14-26-41(33)45-44/h1-27,40H,28H2/i1D,2D,3D,4D,5D,6D,9D,10D,11D,12D,15D,16D,17D,18D,22D,24D. The van der Waals surface area contributed by atoms with Gasteiger partial charge < -0.3 is 4.74 Å². The Hall–Kier alpha value is -5.66. The van der Waals surface area contributed by atoms with E-state index >= 15 is 0 Å². The van der Waals surface area contributed by atoms with Gasteiger partial charge in [0.15, 0.2) is 0 Å². The summed E-state index contributed by atoms with van der Waals surface area (Å²) in [5.41, 5.74) is 1.88. The molecule has 45 heavy (non-hydrogen) atoms. The van der Waals surface area contributed by atoms with Gasteiger partial charge in [-0.3, -0.25) is 0 Å². The third-order valence-corrected chi connectivity index (χ3v) is 8.43. The largest absolute Gasteiger partial charge is 0.460 e. The number of benzene rings is 7. The van der Waals surface area contributed by atoms with E-state index in [9.17, 15) is 2.74 Å². The van der Waals surface area contributed by atoms with Crippen molar-refractivity contribution in [2.45, 2.75) is 12.3 Å². The molecule has 0 saturated heterocycles. The molecule has 1 aliphatic heterocycles. The molecule has 2 aliphatic rings. The van der Waals surface area contributed by atoms with Crippen molar-refractivity contribution in [2.24, 2.45) is 0 Å². The molecule has 1 unspecified atom stereocenters. The van der Waals surface area contributed by atoms with Crippen molar-refractivity contribution in [1.29, 1.82) is 0 Å². The molecule has 0 saturated carbocycles. The van der Waals surface area contributed by atoms with Crippen molar-refractivity contribution >= 4 is 32.7 Å². The number of rotatable bonds is 4. The van der Waals surface area contributed by atoms with E-state index in [1.165, 1.54) is 12.1 Å². The lowest BCUT2D eigenvalue weighted by Gasteiger charge is -2.26. The lowest BCUT2D eigenvalue weighted by molar-refractivity contribution is 0.430. The molecule has 0 fully saturated rings. The smallest absolute Gasteiger partial charge is 0.130 e.